The fourth-order valence-electron chi connectivity index (χ4n) is 1.93. The predicted octanol–water partition coefficient (Wildman–Crippen LogP) is 3.53. The van der Waals surface area contributed by atoms with Gasteiger partial charge in [-0.05, 0) is 24.4 Å². The zero-order chi connectivity index (χ0) is 13.4. The molecule has 0 amide bonds. The number of nitrogens with zero attached hydrogens (tertiary/aromatic N) is 2. The number of hydrogen-bond donors (Lipinski definition) is 1. The molecule has 0 aliphatic heterocycles. The Bertz CT molecular complexity index is 766. The molecule has 96 valence electrons. The monoisotopic (exact) mass is 290 g/mol. The van der Waals surface area contributed by atoms with Gasteiger partial charge in [-0.15, -0.1) is 22.7 Å². The molecule has 0 spiro atoms. The average Bonchev–Trinajstić information content (AvgIpc) is 3.02. The Balaban J connectivity index is 2.23. The standard InChI is InChI=1S/C13H10N2O2S2/c1-8-9(4-5-12(16)17)15-10(7-19-13(15)14-8)11-3-2-6-18-11/h2-7H,1H3,(H,16,17)/b5-4+. The van der Waals surface area contributed by atoms with E-state index in [0.29, 0.717) is 0 Å². The van der Waals surface area contributed by atoms with Gasteiger partial charge in [-0.1, -0.05) is 6.07 Å². The summed E-state index contributed by atoms with van der Waals surface area (Å²) in [5.41, 5.74) is 2.71. The second-order valence-electron chi connectivity index (χ2n) is 3.97. The van der Waals surface area contributed by atoms with Crippen molar-refractivity contribution in [3.8, 4) is 10.6 Å². The molecule has 0 aliphatic carbocycles. The van der Waals surface area contributed by atoms with Crippen molar-refractivity contribution in [2.24, 2.45) is 0 Å². The van der Waals surface area contributed by atoms with Crippen LogP contribution in [0.15, 0.2) is 29.0 Å². The van der Waals surface area contributed by atoms with Crippen molar-refractivity contribution in [3.63, 3.8) is 0 Å². The molecule has 3 aromatic rings. The van der Waals surface area contributed by atoms with Gasteiger partial charge in [0.15, 0.2) is 4.96 Å². The van der Waals surface area contributed by atoms with Gasteiger partial charge in [0.25, 0.3) is 0 Å². The maximum absolute atomic E-state index is 10.7. The molecule has 0 bridgehead atoms. The van der Waals surface area contributed by atoms with E-state index in [1.165, 1.54) is 0 Å². The van der Waals surface area contributed by atoms with E-state index in [4.69, 9.17) is 5.11 Å². The summed E-state index contributed by atoms with van der Waals surface area (Å²) in [6.07, 6.45) is 2.74. The number of carbonyl (C=O) groups is 1. The van der Waals surface area contributed by atoms with Gasteiger partial charge < -0.3 is 5.11 Å². The van der Waals surface area contributed by atoms with Crippen LogP contribution >= 0.6 is 22.7 Å². The Kier molecular flexibility index (Phi) is 2.96. The molecule has 1 N–H and O–H groups in total. The molecular weight excluding hydrogens is 280 g/mol. The molecule has 19 heavy (non-hydrogen) atoms. The van der Waals surface area contributed by atoms with Gasteiger partial charge in [-0.3, -0.25) is 4.40 Å². The van der Waals surface area contributed by atoms with Crippen LogP contribution in [0.4, 0.5) is 0 Å². The number of aliphatic carboxylic acids is 1. The van der Waals surface area contributed by atoms with Crippen molar-refractivity contribution in [1.29, 1.82) is 0 Å². The summed E-state index contributed by atoms with van der Waals surface area (Å²) in [5.74, 6) is -0.956. The number of aromatic nitrogens is 2. The summed E-state index contributed by atoms with van der Waals surface area (Å²) in [7, 11) is 0. The largest absolute Gasteiger partial charge is 0.478 e. The van der Waals surface area contributed by atoms with Crippen LogP contribution in [0.25, 0.3) is 21.6 Å². The third kappa shape index (κ3) is 2.09. The van der Waals surface area contributed by atoms with Crippen molar-refractivity contribution >= 4 is 39.7 Å². The first kappa shape index (κ1) is 12.1. The first-order chi connectivity index (χ1) is 9.16. The smallest absolute Gasteiger partial charge is 0.328 e. The maximum Gasteiger partial charge on any atom is 0.328 e. The number of rotatable bonds is 3. The van der Waals surface area contributed by atoms with Gasteiger partial charge in [0, 0.05) is 11.5 Å². The molecule has 0 aromatic carbocycles. The highest BCUT2D eigenvalue weighted by Gasteiger charge is 2.14. The van der Waals surface area contributed by atoms with E-state index in [2.05, 4.69) is 4.98 Å². The lowest BCUT2D eigenvalue weighted by Crippen LogP contribution is -1.91. The maximum atomic E-state index is 10.7. The van der Waals surface area contributed by atoms with E-state index >= 15 is 0 Å². The Labute approximate surface area is 117 Å². The highest BCUT2D eigenvalue weighted by atomic mass is 32.1. The molecular formula is C13H10N2O2S2. The van der Waals surface area contributed by atoms with Crippen molar-refractivity contribution in [2.75, 3.05) is 0 Å². The Morgan fingerprint density at radius 2 is 2.32 bits per heavy atom. The van der Waals surface area contributed by atoms with Crippen LogP contribution in [0.3, 0.4) is 0 Å². The summed E-state index contributed by atoms with van der Waals surface area (Å²) >= 11 is 3.21. The quantitative estimate of drug-likeness (QED) is 0.751. The Morgan fingerprint density at radius 3 is 3.00 bits per heavy atom. The van der Waals surface area contributed by atoms with Crippen LogP contribution in [-0.2, 0) is 4.79 Å². The first-order valence-electron chi connectivity index (χ1n) is 5.58. The lowest BCUT2D eigenvalue weighted by molar-refractivity contribution is -0.131. The summed E-state index contributed by atoms with van der Waals surface area (Å²) in [6, 6.07) is 4.05. The molecule has 6 heteroatoms. The van der Waals surface area contributed by atoms with E-state index < -0.39 is 5.97 Å². The molecule has 0 saturated heterocycles. The number of thiophene rings is 1. The van der Waals surface area contributed by atoms with Crippen molar-refractivity contribution in [3.05, 3.63) is 40.4 Å². The third-order valence-corrected chi connectivity index (χ3v) is 4.46. The summed E-state index contributed by atoms with van der Waals surface area (Å²) < 4.78 is 2.01. The molecule has 3 heterocycles. The fraction of sp³-hybridized carbons (Fsp3) is 0.0769. The topological polar surface area (TPSA) is 54.6 Å². The van der Waals surface area contributed by atoms with Crippen LogP contribution in [0.5, 0.6) is 0 Å². The first-order valence-corrected chi connectivity index (χ1v) is 7.34. The van der Waals surface area contributed by atoms with E-state index in [0.717, 1.165) is 33.0 Å². The number of carboxylic acids is 1. The van der Waals surface area contributed by atoms with Gasteiger partial charge >= 0.3 is 5.97 Å². The lowest BCUT2D eigenvalue weighted by atomic mass is 10.3. The molecule has 0 atom stereocenters. The Morgan fingerprint density at radius 1 is 1.47 bits per heavy atom. The van der Waals surface area contributed by atoms with E-state index in [-0.39, 0.29) is 0 Å². The summed E-state index contributed by atoms with van der Waals surface area (Å²) in [5, 5.41) is 12.8. The van der Waals surface area contributed by atoms with E-state index in [1.807, 2.05) is 34.2 Å². The minimum atomic E-state index is -0.956. The Hall–Kier alpha value is -1.92. The summed E-state index contributed by atoms with van der Waals surface area (Å²) in [6.45, 7) is 1.89. The van der Waals surface area contributed by atoms with E-state index in [1.54, 1.807) is 28.7 Å². The molecule has 0 unspecified atom stereocenters. The molecule has 3 rings (SSSR count). The van der Waals surface area contributed by atoms with Crippen LogP contribution in [0.2, 0.25) is 0 Å². The van der Waals surface area contributed by atoms with Crippen molar-refractivity contribution in [2.45, 2.75) is 6.92 Å². The van der Waals surface area contributed by atoms with Crippen LogP contribution in [-0.4, -0.2) is 20.5 Å². The van der Waals surface area contributed by atoms with Gasteiger partial charge in [0.2, 0.25) is 0 Å². The minimum absolute atomic E-state index is 0.821. The molecule has 0 aliphatic rings. The lowest BCUT2D eigenvalue weighted by Gasteiger charge is -1.99. The molecule has 0 fully saturated rings. The van der Waals surface area contributed by atoms with Gasteiger partial charge in [0.1, 0.15) is 0 Å². The number of imidazole rings is 1. The van der Waals surface area contributed by atoms with Gasteiger partial charge in [-0.25, -0.2) is 9.78 Å². The number of hydrogen-bond acceptors (Lipinski definition) is 4. The second kappa shape index (κ2) is 4.64. The molecule has 4 nitrogen and oxygen atoms in total. The van der Waals surface area contributed by atoms with Gasteiger partial charge in [-0.2, -0.15) is 0 Å². The van der Waals surface area contributed by atoms with Crippen molar-refractivity contribution in [1.82, 2.24) is 9.38 Å². The highest BCUT2D eigenvalue weighted by molar-refractivity contribution is 7.16. The van der Waals surface area contributed by atoms with Crippen LogP contribution in [0, 0.1) is 6.92 Å². The van der Waals surface area contributed by atoms with Crippen LogP contribution in [0.1, 0.15) is 11.4 Å². The average molecular weight is 290 g/mol. The molecule has 0 radical (unpaired) electrons. The zero-order valence-electron chi connectivity index (χ0n) is 10.0. The van der Waals surface area contributed by atoms with Gasteiger partial charge in [0.05, 0.1) is 22.0 Å². The highest BCUT2D eigenvalue weighted by Crippen LogP contribution is 2.31. The number of thiazole rings is 1. The number of aryl methyl sites for hydroxylation is 1. The van der Waals surface area contributed by atoms with Crippen molar-refractivity contribution < 1.29 is 9.90 Å². The normalized spacial score (nSPS) is 11.6. The zero-order valence-corrected chi connectivity index (χ0v) is 11.7. The van der Waals surface area contributed by atoms with E-state index in [9.17, 15) is 4.79 Å². The molecule has 3 aromatic heterocycles. The second-order valence-corrected chi connectivity index (χ2v) is 5.75. The fourth-order valence-corrected chi connectivity index (χ4v) is 3.67. The number of carboxylic acid groups (broad SMARTS) is 1. The SMILES string of the molecule is Cc1nc2scc(-c3cccs3)n2c1/C=C/C(=O)O. The minimum Gasteiger partial charge on any atom is -0.478 e. The number of fused-ring (bicyclic) bond motifs is 1. The van der Waals surface area contributed by atoms with Crippen LogP contribution < -0.4 is 0 Å². The third-order valence-electron chi connectivity index (χ3n) is 2.74. The predicted molar refractivity (Wildman–Crippen MR) is 77.8 cm³/mol. The molecule has 0 saturated carbocycles. The summed E-state index contributed by atoms with van der Waals surface area (Å²) in [4.78, 5) is 17.2.